The van der Waals surface area contributed by atoms with Gasteiger partial charge in [0, 0.05) is 19.2 Å². The Balaban J connectivity index is 2.65. The van der Waals surface area contributed by atoms with Crippen LogP contribution in [-0.2, 0) is 11.3 Å². The van der Waals surface area contributed by atoms with Gasteiger partial charge in [0.1, 0.15) is 5.75 Å². The minimum Gasteiger partial charge on any atom is -0.494 e. The lowest BCUT2D eigenvalue weighted by atomic mass is 10.1. The summed E-state index contributed by atoms with van der Waals surface area (Å²) in [4.78, 5) is 13.9. The van der Waals surface area contributed by atoms with Crippen molar-refractivity contribution in [3.05, 3.63) is 29.8 Å². The van der Waals surface area contributed by atoms with Crippen LogP contribution < -0.4 is 10.5 Å². The number of amides is 1. The van der Waals surface area contributed by atoms with Gasteiger partial charge in [0.05, 0.1) is 12.6 Å². The van der Waals surface area contributed by atoms with E-state index in [-0.39, 0.29) is 5.91 Å². The van der Waals surface area contributed by atoms with E-state index in [9.17, 15) is 4.79 Å². The minimum atomic E-state index is -0.404. The van der Waals surface area contributed by atoms with Gasteiger partial charge in [-0.05, 0) is 19.4 Å². The summed E-state index contributed by atoms with van der Waals surface area (Å²) >= 11 is 0. The van der Waals surface area contributed by atoms with E-state index >= 15 is 0 Å². The van der Waals surface area contributed by atoms with Gasteiger partial charge in [-0.2, -0.15) is 0 Å². The molecule has 1 atom stereocenters. The van der Waals surface area contributed by atoms with Gasteiger partial charge < -0.3 is 15.4 Å². The molecule has 0 aliphatic rings. The topological polar surface area (TPSA) is 55.6 Å². The number of rotatable bonds is 8. The molecule has 1 amide bonds. The van der Waals surface area contributed by atoms with E-state index in [1.807, 2.05) is 31.2 Å². The highest BCUT2D eigenvalue weighted by molar-refractivity contribution is 5.81. The Bertz CT molecular complexity index is 421. The Labute approximate surface area is 121 Å². The van der Waals surface area contributed by atoms with Crippen molar-refractivity contribution in [1.29, 1.82) is 0 Å². The zero-order valence-corrected chi connectivity index (χ0v) is 12.8. The van der Waals surface area contributed by atoms with Crippen LogP contribution in [0, 0.1) is 0 Å². The van der Waals surface area contributed by atoms with Crippen LogP contribution in [0.15, 0.2) is 24.3 Å². The van der Waals surface area contributed by atoms with Crippen LogP contribution >= 0.6 is 0 Å². The number of unbranched alkanes of at least 4 members (excludes halogenated alkanes) is 1. The quantitative estimate of drug-likeness (QED) is 0.795. The standard InChI is InChI=1S/C16H26N2O2/c1-4-6-10-14(17)16(19)18(3)12-13-9-7-8-11-15(13)20-5-2/h7-9,11,14H,4-6,10,12,17H2,1-3H3. The number of nitrogens with zero attached hydrogens (tertiary/aromatic N) is 1. The largest absolute Gasteiger partial charge is 0.494 e. The van der Waals surface area contributed by atoms with Gasteiger partial charge in [-0.25, -0.2) is 0 Å². The highest BCUT2D eigenvalue weighted by Crippen LogP contribution is 2.19. The van der Waals surface area contributed by atoms with Crippen LogP contribution in [0.25, 0.3) is 0 Å². The van der Waals surface area contributed by atoms with E-state index in [0.717, 1.165) is 30.6 Å². The maximum atomic E-state index is 12.2. The number of ether oxygens (including phenoxy) is 1. The fourth-order valence-corrected chi connectivity index (χ4v) is 2.09. The maximum absolute atomic E-state index is 12.2. The molecule has 0 radical (unpaired) electrons. The van der Waals surface area contributed by atoms with E-state index in [4.69, 9.17) is 10.5 Å². The van der Waals surface area contributed by atoms with Gasteiger partial charge in [0.25, 0.3) is 0 Å². The Morgan fingerprint density at radius 3 is 2.70 bits per heavy atom. The predicted octanol–water partition coefficient (Wildman–Crippen LogP) is 2.56. The summed E-state index contributed by atoms with van der Waals surface area (Å²) < 4.78 is 5.57. The smallest absolute Gasteiger partial charge is 0.239 e. The molecular formula is C16H26N2O2. The first kappa shape index (κ1) is 16.5. The molecule has 1 aromatic rings. The first-order chi connectivity index (χ1) is 9.60. The summed E-state index contributed by atoms with van der Waals surface area (Å²) in [5, 5.41) is 0. The number of benzene rings is 1. The Morgan fingerprint density at radius 2 is 2.05 bits per heavy atom. The second kappa shape index (κ2) is 8.59. The number of hydrogen-bond donors (Lipinski definition) is 1. The van der Waals surface area contributed by atoms with Crippen LogP contribution in [0.5, 0.6) is 5.75 Å². The average molecular weight is 278 g/mol. The molecule has 1 rings (SSSR count). The molecule has 0 bridgehead atoms. The number of para-hydroxylation sites is 1. The molecule has 0 fully saturated rings. The van der Waals surface area contributed by atoms with E-state index < -0.39 is 6.04 Å². The number of nitrogens with two attached hydrogens (primary N) is 1. The molecule has 0 aromatic heterocycles. The lowest BCUT2D eigenvalue weighted by Crippen LogP contribution is -2.41. The van der Waals surface area contributed by atoms with Gasteiger partial charge in [-0.1, -0.05) is 38.0 Å². The molecule has 0 saturated heterocycles. The summed E-state index contributed by atoms with van der Waals surface area (Å²) in [6, 6.07) is 7.39. The van der Waals surface area contributed by atoms with Crippen LogP contribution in [0.3, 0.4) is 0 Å². The highest BCUT2D eigenvalue weighted by Gasteiger charge is 2.18. The highest BCUT2D eigenvalue weighted by atomic mass is 16.5. The summed E-state index contributed by atoms with van der Waals surface area (Å²) in [6.45, 7) is 5.19. The summed E-state index contributed by atoms with van der Waals surface area (Å²) in [5.41, 5.74) is 6.94. The number of hydrogen-bond acceptors (Lipinski definition) is 3. The second-order valence-corrected chi connectivity index (χ2v) is 4.98. The van der Waals surface area contributed by atoms with E-state index in [1.165, 1.54) is 0 Å². The number of likely N-dealkylation sites (N-methyl/N-ethyl adjacent to an activating group) is 1. The molecule has 1 unspecified atom stereocenters. The fraction of sp³-hybridized carbons (Fsp3) is 0.562. The van der Waals surface area contributed by atoms with Crippen molar-refractivity contribution in [2.24, 2.45) is 5.73 Å². The first-order valence-corrected chi connectivity index (χ1v) is 7.31. The van der Waals surface area contributed by atoms with E-state index in [1.54, 1.807) is 11.9 Å². The van der Waals surface area contributed by atoms with Gasteiger partial charge in [-0.15, -0.1) is 0 Å². The van der Waals surface area contributed by atoms with Crippen molar-refractivity contribution >= 4 is 5.91 Å². The predicted molar refractivity (Wildman–Crippen MR) is 81.6 cm³/mol. The van der Waals surface area contributed by atoms with Crippen LogP contribution in [0.4, 0.5) is 0 Å². The molecule has 20 heavy (non-hydrogen) atoms. The van der Waals surface area contributed by atoms with Crippen LogP contribution in [0.2, 0.25) is 0 Å². The third-order valence-electron chi connectivity index (χ3n) is 3.24. The molecule has 4 heteroatoms. The van der Waals surface area contributed by atoms with E-state index in [0.29, 0.717) is 13.2 Å². The normalized spacial score (nSPS) is 12.0. The van der Waals surface area contributed by atoms with Crippen molar-refractivity contribution in [1.82, 2.24) is 4.90 Å². The third-order valence-corrected chi connectivity index (χ3v) is 3.24. The van der Waals surface area contributed by atoms with Crippen molar-refractivity contribution in [3.63, 3.8) is 0 Å². The molecule has 0 spiro atoms. The van der Waals surface area contributed by atoms with Crippen molar-refractivity contribution < 1.29 is 9.53 Å². The molecule has 2 N–H and O–H groups in total. The summed E-state index contributed by atoms with van der Waals surface area (Å²) in [5.74, 6) is 0.821. The molecule has 1 aromatic carbocycles. The first-order valence-electron chi connectivity index (χ1n) is 7.31. The SMILES string of the molecule is CCCCC(N)C(=O)N(C)Cc1ccccc1OCC. The molecule has 0 aliphatic heterocycles. The van der Waals surface area contributed by atoms with Gasteiger partial charge in [0.2, 0.25) is 5.91 Å². The Hall–Kier alpha value is -1.55. The van der Waals surface area contributed by atoms with Crippen LogP contribution in [0.1, 0.15) is 38.7 Å². The number of carbonyl (C=O) groups is 1. The van der Waals surface area contributed by atoms with Gasteiger partial charge in [-0.3, -0.25) is 4.79 Å². The molecule has 0 saturated carbocycles. The lowest BCUT2D eigenvalue weighted by Gasteiger charge is -2.22. The Kier molecular flexibility index (Phi) is 7.09. The van der Waals surface area contributed by atoms with Gasteiger partial charge in [0.15, 0.2) is 0 Å². The average Bonchev–Trinajstić information content (AvgIpc) is 2.46. The van der Waals surface area contributed by atoms with Crippen molar-refractivity contribution in [2.45, 2.75) is 45.7 Å². The second-order valence-electron chi connectivity index (χ2n) is 4.98. The summed E-state index contributed by atoms with van der Waals surface area (Å²) in [7, 11) is 1.79. The number of carbonyl (C=O) groups excluding carboxylic acids is 1. The molecule has 0 heterocycles. The Morgan fingerprint density at radius 1 is 1.35 bits per heavy atom. The third kappa shape index (κ3) is 4.85. The van der Waals surface area contributed by atoms with E-state index in [2.05, 4.69) is 6.92 Å². The molecular weight excluding hydrogens is 252 g/mol. The van der Waals surface area contributed by atoms with Gasteiger partial charge >= 0.3 is 0 Å². The molecule has 0 aliphatic carbocycles. The molecule has 4 nitrogen and oxygen atoms in total. The molecule has 112 valence electrons. The van der Waals surface area contributed by atoms with Crippen molar-refractivity contribution in [2.75, 3.05) is 13.7 Å². The fourth-order valence-electron chi connectivity index (χ4n) is 2.09. The minimum absolute atomic E-state index is 0.00949. The zero-order chi connectivity index (χ0) is 15.0. The lowest BCUT2D eigenvalue weighted by molar-refractivity contribution is -0.132. The van der Waals surface area contributed by atoms with Crippen LogP contribution in [-0.4, -0.2) is 30.5 Å². The van der Waals surface area contributed by atoms with Crippen molar-refractivity contribution in [3.8, 4) is 5.75 Å². The zero-order valence-electron chi connectivity index (χ0n) is 12.8. The monoisotopic (exact) mass is 278 g/mol. The maximum Gasteiger partial charge on any atom is 0.239 e. The summed E-state index contributed by atoms with van der Waals surface area (Å²) in [6.07, 6.45) is 2.78.